The first kappa shape index (κ1) is 35.4. The second-order valence-corrected chi connectivity index (χ2v) is 15.2. The van der Waals surface area contributed by atoms with Crippen molar-refractivity contribution in [3.05, 3.63) is 63.6 Å². The summed E-state index contributed by atoms with van der Waals surface area (Å²) in [6, 6.07) is 14.1. The van der Waals surface area contributed by atoms with E-state index in [1.165, 1.54) is 7.11 Å². The Labute approximate surface area is 298 Å². The SMILES string of the molecule is COC(=O)CN1CCC(C2CCN(C(=O)C(CC(=O)N3CCC(N4Cc5ccccc5NC4=O)CC3)Cc3ccc(Br)c(C)c3)CC2)CC1. The van der Waals surface area contributed by atoms with Crippen LogP contribution in [0.15, 0.2) is 46.9 Å². The highest BCUT2D eigenvalue weighted by molar-refractivity contribution is 9.10. The second kappa shape index (κ2) is 16.1. The van der Waals surface area contributed by atoms with Crippen LogP contribution in [0, 0.1) is 24.7 Å². The zero-order valence-electron chi connectivity index (χ0n) is 28.9. The highest BCUT2D eigenvalue weighted by atomic mass is 79.9. The lowest BCUT2D eigenvalue weighted by molar-refractivity contribution is -0.143. The molecule has 2 aromatic rings. The maximum Gasteiger partial charge on any atom is 0.322 e. The predicted molar refractivity (Wildman–Crippen MR) is 192 cm³/mol. The lowest BCUT2D eigenvalue weighted by Crippen LogP contribution is -2.51. The molecule has 49 heavy (non-hydrogen) atoms. The van der Waals surface area contributed by atoms with Gasteiger partial charge in [0.15, 0.2) is 0 Å². The summed E-state index contributed by atoms with van der Waals surface area (Å²) in [4.78, 5) is 60.6. The molecule has 0 aromatic heterocycles. The highest BCUT2D eigenvalue weighted by Gasteiger charge is 2.36. The summed E-state index contributed by atoms with van der Waals surface area (Å²) in [5.74, 6) is 0.692. The number of hydrogen-bond donors (Lipinski definition) is 1. The fraction of sp³-hybridized carbons (Fsp3) is 0.579. The third kappa shape index (κ3) is 8.66. The summed E-state index contributed by atoms with van der Waals surface area (Å²) in [6.07, 6.45) is 6.27. The van der Waals surface area contributed by atoms with E-state index < -0.39 is 5.92 Å². The van der Waals surface area contributed by atoms with E-state index in [1.54, 1.807) is 0 Å². The van der Waals surface area contributed by atoms with Gasteiger partial charge in [-0.15, -0.1) is 0 Å². The number of rotatable bonds is 9. The highest BCUT2D eigenvalue weighted by Crippen LogP contribution is 2.34. The Morgan fingerprint density at radius 1 is 0.898 bits per heavy atom. The van der Waals surface area contributed by atoms with Gasteiger partial charge in [-0.3, -0.25) is 19.3 Å². The van der Waals surface area contributed by atoms with Gasteiger partial charge in [0.2, 0.25) is 11.8 Å². The van der Waals surface area contributed by atoms with Gasteiger partial charge in [-0.2, -0.15) is 0 Å². The van der Waals surface area contributed by atoms with E-state index >= 15 is 0 Å². The van der Waals surface area contributed by atoms with Gasteiger partial charge in [-0.05, 0) is 106 Å². The average molecular weight is 737 g/mol. The van der Waals surface area contributed by atoms with Crippen molar-refractivity contribution in [3.8, 4) is 0 Å². The van der Waals surface area contributed by atoms with Gasteiger partial charge in [0, 0.05) is 55.3 Å². The Morgan fingerprint density at radius 3 is 2.22 bits per heavy atom. The van der Waals surface area contributed by atoms with E-state index in [4.69, 9.17) is 4.74 Å². The molecule has 1 atom stereocenters. The maximum absolute atomic E-state index is 14.2. The number of methoxy groups -OCH3 is 1. The molecule has 1 unspecified atom stereocenters. The van der Waals surface area contributed by atoms with Gasteiger partial charge in [-0.1, -0.05) is 46.3 Å². The number of carbonyl (C=O) groups excluding carboxylic acids is 4. The minimum absolute atomic E-state index is 0.0210. The number of nitrogens with zero attached hydrogens (tertiary/aromatic N) is 4. The maximum atomic E-state index is 14.2. The predicted octanol–water partition coefficient (Wildman–Crippen LogP) is 5.47. The molecule has 4 aliphatic heterocycles. The van der Waals surface area contributed by atoms with Crippen molar-refractivity contribution >= 4 is 45.4 Å². The van der Waals surface area contributed by atoms with Gasteiger partial charge in [0.1, 0.15) is 0 Å². The van der Waals surface area contributed by atoms with E-state index in [0.717, 1.165) is 91.6 Å². The largest absolute Gasteiger partial charge is 0.468 e. The van der Waals surface area contributed by atoms with Crippen molar-refractivity contribution in [2.45, 2.75) is 70.9 Å². The number of anilines is 1. The van der Waals surface area contributed by atoms with Gasteiger partial charge >= 0.3 is 12.0 Å². The van der Waals surface area contributed by atoms with Crippen molar-refractivity contribution in [1.82, 2.24) is 19.6 Å². The minimum atomic E-state index is -0.423. The number of nitrogens with one attached hydrogen (secondary N) is 1. The van der Waals surface area contributed by atoms with Gasteiger partial charge in [-0.25, -0.2) is 4.79 Å². The van der Waals surface area contributed by atoms with Gasteiger partial charge in [0.25, 0.3) is 0 Å². The normalized spacial score (nSPS) is 20.5. The fourth-order valence-electron chi connectivity index (χ4n) is 8.33. The van der Waals surface area contributed by atoms with Gasteiger partial charge < -0.3 is 24.8 Å². The quantitative estimate of drug-likeness (QED) is 0.343. The lowest BCUT2D eigenvalue weighted by atomic mass is 9.78. The summed E-state index contributed by atoms with van der Waals surface area (Å²) in [7, 11) is 1.44. The summed E-state index contributed by atoms with van der Waals surface area (Å²) >= 11 is 3.59. The smallest absolute Gasteiger partial charge is 0.322 e. The fourth-order valence-corrected chi connectivity index (χ4v) is 8.57. The van der Waals surface area contributed by atoms with Crippen LogP contribution in [0.3, 0.4) is 0 Å². The molecular weight excluding hydrogens is 686 g/mol. The van der Waals surface area contributed by atoms with Crippen molar-refractivity contribution in [2.24, 2.45) is 17.8 Å². The topological polar surface area (TPSA) is 102 Å². The standard InChI is InChI=1S/C38H50BrN5O5/c1-26-21-27(7-8-33(26)39)22-31(37(47)43-17-11-29(12-18-43)28-9-15-41(16-10-28)25-36(46)49-2)23-35(45)42-19-13-32(14-20-42)44-24-30-5-3-4-6-34(30)40-38(44)48/h3-8,21,28-29,31-32H,9-20,22-25H2,1-2H3,(H,40,48). The van der Waals surface area contributed by atoms with Crippen LogP contribution in [-0.2, 0) is 32.1 Å². The van der Waals surface area contributed by atoms with Crippen molar-refractivity contribution in [2.75, 3.05) is 58.2 Å². The van der Waals surface area contributed by atoms with Crippen LogP contribution in [0.25, 0.3) is 0 Å². The number of para-hydroxylation sites is 1. The monoisotopic (exact) mass is 735 g/mol. The van der Waals surface area contributed by atoms with Crippen molar-refractivity contribution < 1.29 is 23.9 Å². The Hall–Kier alpha value is -3.44. The van der Waals surface area contributed by atoms with Crippen molar-refractivity contribution in [3.63, 3.8) is 0 Å². The molecule has 11 heteroatoms. The number of aryl methyl sites for hydroxylation is 1. The van der Waals surface area contributed by atoms with E-state index in [0.29, 0.717) is 44.4 Å². The molecule has 264 valence electrons. The number of halogens is 1. The summed E-state index contributed by atoms with van der Waals surface area (Å²) in [5, 5.41) is 3.02. The Morgan fingerprint density at radius 2 is 1.55 bits per heavy atom. The molecule has 4 amide bonds. The number of carbonyl (C=O) groups is 4. The third-order valence-corrected chi connectivity index (χ3v) is 12.2. The van der Waals surface area contributed by atoms with Crippen LogP contribution in [-0.4, -0.2) is 102 Å². The molecule has 1 N–H and O–H groups in total. The van der Waals surface area contributed by atoms with Crippen LogP contribution < -0.4 is 5.32 Å². The summed E-state index contributed by atoms with van der Waals surface area (Å²) in [6.45, 7) is 7.41. The number of ether oxygens (including phenoxy) is 1. The van der Waals surface area contributed by atoms with E-state index in [9.17, 15) is 19.2 Å². The molecule has 4 aliphatic rings. The number of hydrogen-bond acceptors (Lipinski definition) is 6. The van der Waals surface area contributed by atoms with E-state index in [1.807, 2.05) is 58.0 Å². The zero-order chi connectivity index (χ0) is 34.5. The number of likely N-dealkylation sites (tertiary alicyclic amines) is 3. The Balaban J connectivity index is 1.04. The first-order valence-electron chi connectivity index (χ1n) is 17.9. The molecule has 3 saturated heterocycles. The molecular formula is C38H50BrN5O5. The zero-order valence-corrected chi connectivity index (χ0v) is 30.5. The van der Waals surface area contributed by atoms with Crippen LogP contribution in [0.4, 0.5) is 10.5 Å². The molecule has 10 nitrogen and oxygen atoms in total. The van der Waals surface area contributed by atoms with Crippen LogP contribution in [0.2, 0.25) is 0 Å². The lowest BCUT2D eigenvalue weighted by Gasteiger charge is -2.41. The van der Waals surface area contributed by atoms with Crippen LogP contribution in [0.5, 0.6) is 0 Å². The molecule has 2 aromatic carbocycles. The molecule has 0 bridgehead atoms. The molecule has 4 heterocycles. The molecule has 3 fully saturated rings. The molecule has 0 spiro atoms. The molecule has 0 saturated carbocycles. The molecule has 0 aliphatic carbocycles. The van der Waals surface area contributed by atoms with Crippen LogP contribution >= 0.6 is 15.9 Å². The molecule has 0 radical (unpaired) electrons. The van der Waals surface area contributed by atoms with E-state index in [2.05, 4.69) is 32.2 Å². The Bertz CT molecular complexity index is 1510. The van der Waals surface area contributed by atoms with Gasteiger partial charge in [0.05, 0.1) is 19.6 Å². The van der Waals surface area contributed by atoms with Crippen molar-refractivity contribution in [1.29, 1.82) is 0 Å². The minimum Gasteiger partial charge on any atom is -0.468 e. The first-order valence-corrected chi connectivity index (χ1v) is 18.7. The number of esters is 1. The average Bonchev–Trinajstić information content (AvgIpc) is 3.12. The number of benzene rings is 2. The van der Waals surface area contributed by atoms with E-state index in [-0.39, 0.29) is 36.3 Å². The number of fused-ring (bicyclic) bond motifs is 1. The Kier molecular flexibility index (Phi) is 11.6. The second-order valence-electron chi connectivity index (χ2n) is 14.4. The molecule has 6 rings (SSSR count). The summed E-state index contributed by atoms with van der Waals surface area (Å²) in [5.41, 5.74) is 4.15. The third-order valence-electron chi connectivity index (χ3n) is 11.3. The number of piperidine rings is 3. The number of amides is 4. The first-order chi connectivity index (χ1) is 23.7. The summed E-state index contributed by atoms with van der Waals surface area (Å²) < 4.78 is 5.87. The van der Waals surface area contributed by atoms with Crippen LogP contribution in [0.1, 0.15) is 61.6 Å². The number of urea groups is 1.